The number of rotatable bonds is 6. The lowest BCUT2D eigenvalue weighted by molar-refractivity contribution is -0.383. The van der Waals surface area contributed by atoms with Crippen molar-refractivity contribution in [2.24, 2.45) is 0 Å². The van der Waals surface area contributed by atoms with Gasteiger partial charge in [0.2, 0.25) is 11.8 Å². The first-order valence-electron chi connectivity index (χ1n) is 7.35. The number of para-hydroxylation sites is 2. The van der Waals surface area contributed by atoms with E-state index in [1.54, 1.807) is 13.0 Å². The van der Waals surface area contributed by atoms with Crippen molar-refractivity contribution in [2.45, 2.75) is 12.8 Å². The van der Waals surface area contributed by atoms with Crippen LogP contribution in [0.15, 0.2) is 54.6 Å². The molecule has 0 heterocycles. The Morgan fingerprint density at radius 1 is 1.08 bits per heavy atom. The van der Waals surface area contributed by atoms with Crippen molar-refractivity contribution in [1.82, 2.24) is 5.32 Å². The highest BCUT2D eigenvalue weighted by atomic mass is 16.6. The van der Waals surface area contributed by atoms with Crippen molar-refractivity contribution in [1.29, 1.82) is 0 Å². The minimum atomic E-state index is -0.578. The summed E-state index contributed by atoms with van der Waals surface area (Å²) in [6.45, 7) is 1.48. The van der Waals surface area contributed by atoms with Crippen LogP contribution in [0.4, 0.5) is 11.4 Å². The number of nitrogens with one attached hydrogen (secondary N) is 2. The normalized spacial score (nSPS) is 11.4. The van der Waals surface area contributed by atoms with Crippen LogP contribution in [0.3, 0.4) is 0 Å². The zero-order chi connectivity index (χ0) is 17.5. The molecule has 2 N–H and O–H groups in total. The Balaban J connectivity index is 1.92. The van der Waals surface area contributed by atoms with Gasteiger partial charge in [0.15, 0.2) is 0 Å². The Morgan fingerprint density at radius 2 is 1.71 bits per heavy atom. The van der Waals surface area contributed by atoms with Crippen molar-refractivity contribution < 1.29 is 14.5 Å². The van der Waals surface area contributed by atoms with Crippen molar-refractivity contribution in [3.05, 3.63) is 70.3 Å². The lowest BCUT2D eigenvalue weighted by Crippen LogP contribution is -2.35. The molecule has 0 aliphatic heterocycles. The van der Waals surface area contributed by atoms with Crippen LogP contribution in [-0.4, -0.2) is 23.3 Å². The second kappa shape index (κ2) is 7.87. The maximum atomic E-state index is 12.1. The predicted octanol–water partition coefficient (Wildman–Crippen LogP) is 2.45. The Morgan fingerprint density at radius 3 is 2.38 bits per heavy atom. The van der Waals surface area contributed by atoms with Gasteiger partial charge in [-0.05, 0) is 18.6 Å². The quantitative estimate of drug-likeness (QED) is 0.628. The van der Waals surface area contributed by atoms with E-state index in [1.807, 2.05) is 30.3 Å². The molecule has 1 atom stereocenters. The molecular formula is C17H17N3O4. The molecule has 0 unspecified atom stereocenters. The first-order chi connectivity index (χ1) is 11.5. The number of anilines is 1. The van der Waals surface area contributed by atoms with Crippen LogP contribution in [0, 0.1) is 10.1 Å². The van der Waals surface area contributed by atoms with Gasteiger partial charge in [0, 0.05) is 6.07 Å². The maximum absolute atomic E-state index is 12.1. The lowest BCUT2D eigenvalue weighted by atomic mass is 10.0. The largest absolute Gasteiger partial charge is 0.347 e. The number of carbonyl (C=O) groups is 2. The van der Waals surface area contributed by atoms with E-state index >= 15 is 0 Å². The monoisotopic (exact) mass is 327 g/mol. The standard InChI is InChI=1S/C17H17N3O4/c1-12(13-7-3-2-4-8-13)17(22)18-11-16(21)19-14-9-5-6-10-15(14)20(23)24/h2-10,12H,11H2,1H3,(H,18,22)(H,19,21)/t12-/m1/s1. The van der Waals surface area contributed by atoms with Crippen LogP contribution in [0.5, 0.6) is 0 Å². The molecule has 0 saturated heterocycles. The summed E-state index contributed by atoms with van der Waals surface area (Å²) in [5.74, 6) is -1.22. The molecule has 0 aliphatic carbocycles. The first-order valence-corrected chi connectivity index (χ1v) is 7.35. The van der Waals surface area contributed by atoms with E-state index in [0.29, 0.717) is 0 Å². The topological polar surface area (TPSA) is 101 Å². The van der Waals surface area contributed by atoms with Crippen LogP contribution >= 0.6 is 0 Å². The number of nitro benzene ring substituents is 1. The second-order valence-corrected chi connectivity index (χ2v) is 5.17. The van der Waals surface area contributed by atoms with Gasteiger partial charge in [-0.3, -0.25) is 19.7 Å². The molecule has 2 aromatic carbocycles. The summed E-state index contributed by atoms with van der Waals surface area (Å²) in [6.07, 6.45) is 0. The van der Waals surface area contributed by atoms with E-state index in [1.165, 1.54) is 18.2 Å². The van der Waals surface area contributed by atoms with E-state index in [2.05, 4.69) is 10.6 Å². The van der Waals surface area contributed by atoms with Crippen molar-refractivity contribution in [2.75, 3.05) is 11.9 Å². The number of benzene rings is 2. The number of hydrogen-bond donors (Lipinski definition) is 2. The molecule has 2 amide bonds. The lowest BCUT2D eigenvalue weighted by Gasteiger charge is -2.12. The molecule has 0 radical (unpaired) electrons. The van der Waals surface area contributed by atoms with Gasteiger partial charge in [-0.2, -0.15) is 0 Å². The molecule has 2 rings (SSSR count). The number of hydrogen-bond acceptors (Lipinski definition) is 4. The van der Waals surface area contributed by atoms with E-state index in [9.17, 15) is 19.7 Å². The Bertz CT molecular complexity index is 747. The smallest absolute Gasteiger partial charge is 0.292 e. The Labute approximate surface area is 138 Å². The Hall–Kier alpha value is -3.22. The fourth-order valence-corrected chi connectivity index (χ4v) is 2.15. The molecule has 7 heteroatoms. The van der Waals surface area contributed by atoms with Crippen LogP contribution in [-0.2, 0) is 9.59 Å². The van der Waals surface area contributed by atoms with Crippen molar-refractivity contribution >= 4 is 23.2 Å². The van der Waals surface area contributed by atoms with Gasteiger partial charge >= 0.3 is 0 Å². The number of carbonyl (C=O) groups excluding carboxylic acids is 2. The van der Waals surface area contributed by atoms with E-state index in [0.717, 1.165) is 5.56 Å². The first kappa shape index (κ1) is 17.1. The third kappa shape index (κ3) is 4.39. The molecule has 0 saturated carbocycles. The Kier molecular flexibility index (Phi) is 5.62. The summed E-state index contributed by atoms with van der Waals surface area (Å²) in [5, 5.41) is 15.9. The molecule has 0 aromatic heterocycles. The zero-order valence-electron chi connectivity index (χ0n) is 13.1. The van der Waals surface area contributed by atoms with Crippen LogP contribution < -0.4 is 10.6 Å². The molecule has 0 bridgehead atoms. The highest BCUT2D eigenvalue weighted by Crippen LogP contribution is 2.22. The molecule has 0 aliphatic rings. The third-order valence-corrected chi connectivity index (χ3v) is 3.49. The van der Waals surface area contributed by atoms with Crippen LogP contribution in [0.2, 0.25) is 0 Å². The average molecular weight is 327 g/mol. The fourth-order valence-electron chi connectivity index (χ4n) is 2.15. The van der Waals surface area contributed by atoms with Crippen molar-refractivity contribution in [3.8, 4) is 0 Å². The van der Waals surface area contributed by atoms with E-state index < -0.39 is 16.7 Å². The maximum Gasteiger partial charge on any atom is 0.292 e. The SMILES string of the molecule is C[C@@H](C(=O)NCC(=O)Nc1ccccc1[N+](=O)[O-])c1ccccc1. The summed E-state index contributed by atoms with van der Waals surface area (Å²) in [5.41, 5.74) is 0.738. The molecule has 7 nitrogen and oxygen atoms in total. The van der Waals surface area contributed by atoms with E-state index in [4.69, 9.17) is 0 Å². The molecule has 2 aromatic rings. The summed E-state index contributed by atoms with van der Waals surface area (Å²) < 4.78 is 0. The number of amides is 2. The molecule has 0 spiro atoms. The molecule has 0 fully saturated rings. The van der Waals surface area contributed by atoms with Gasteiger partial charge in [0.1, 0.15) is 5.69 Å². The van der Waals surface area contributed by atoms with Gasteiger partial charge in [0.25, 0.3) is 5.69 Å². The van der Waals surface area contributed by atoms with Crippen LogP contribution in [0.25, 0.3) is 0 Å². The number of nitrogens with zero attached hydrogens (tertiary/aromatic N) is 1. The number of nitro groups is 1. The van der Waals surface area contributed by atoms with Gasteiger partial charge in [-0.1, -0.05) is 42.5 Å². The highest BCUT2D eigenvalue weighted by Gasteiger charge is 2.17. The van der Waals surface area contributed by atoms with Gasteiger partial charge < -0.3 is 10.6 Å². The molecular weight excluding hydrogens is 310 g/mol. The zero-order valence-corrected chi connectivity index (χ0v) is 13.1. The molecule has 24 heavy (non-hydrogen) atoms. The summed E-state index contributed by atoms with van der Waals surface area (Å²) in [6, 6.07) is 15.0. The van der Waals surface area contributed by atoms with Gasteiger partial charge in [-0.25, -0.2) is 0 Å². The average Bonchev–Trinajstić information content (AvgIpc) is 2.60. The summed E-state index contributed by atoms with van der Waals surface area (Å²) >= 11 is 0. The third-order valence-electron chi connectivity index (χ3n) is 3.49. The minimum absolute atomic E-state index is 0.0952. The fraction of sp³-hybridized carbons (Fsp3) is 0.176. The molecule has 124 valence electrons. The highest BCUT2D eigenvalue weighted by molar-refractivity contribution is 5.97. The van der Waals surface area contributed by atoms with E-state index in [-0.39, 0.29) is 23.8 Å². The second-order valence-electron chi connectivity index (χ2n) is 5.17. The summed E-state index contributed by atoms with van der Waals surface area (Å²) in [4.78, 5) is 34.3. The van der Waals surface area contributed by atoms with Crippen LogP contribution in [0.1, 0.15) is 18.4 Å². The van der Waals surface area contributed by atoms with Gasteiger partial charge in [0.05, 0.1) is 17.4 Å². The van der Waals surface area contributed by atoms with Gasteiger partial charge in [-0.15, -0.1) is 0 Å². The predicted molar refractivity (Wildman–Crippen MR) is 89.6 cm³/mol. The summed E-state index contributed by atoms with van der Waals surface area (Å²) in [7, 11) is 0. The minimum Gasteiger partial charge on any atom is -0.347 e. The van der Waals surface area contributed by atoms with Crippen molar-refractivity contribution in [3.63, 3.8) is 0 Å².